The summed E-state index contributed by atoms with van der Waals surface area (Å²) >= 11 is 12.2. The normalized spacial score (nSPS) is 10.7. The van der Waals surface area contributed by atoms with Crippen LogP contribution in [0.3, 0.4) is 0 Å². The van der Waals surface area contributed by atoms with Crippen LogP contribution in [0.1, 0.15) is 18.3 Å². The van der Waals surface area contributed by atoms with Gasteiger partial charge in [0.25, 0.3) is 0 Å². The maximum Gasteiger partial charge on any atom is 0.240 e. The van der Waals surface area contributed by atoms with Crippen LogP contribution < -0.4 is 10.1 Å². The van der Waals surface area contributed by atoms with Crippen LogP contribution >= 0.6 is 23.2 Å². The molecular formula is C13H16Cl2N4O. The lowest BCUT2D eigenvalue weighted by molar-refractivity contribution is 0.456. The van der Waals surface area contributed by atoms with E-state index in [1.165, 1.54) is 0 Å². The van der Waals surface area contributed by atoms with Gasteiger partial charge in [0.05, 0.1) is 10.7 Å². The van der Waals surface area contributed by atoms with Crippen molar-refractivity contribution in [2.45, 2.75) is 20.8 Å². The van der Waals surface area contributed by atoms with Crippen LogP contribution in [0.15, 0.2) is 6.07 Å². The van der Waals surface area contributed by atoms with Crippen molar-refractivity contribution in [1.29, 1.82) is 0 Å². The number of anilines is 1. The van der Waals surface area contributed by atoms with E-state index in [0.29, 0.717) is 34.0 Å². The molecule has 2 rings (SSSR count). The van der Waals surface area contributed by atoms with Gasteiger partial charge in [-0.05, 0) is 26.8 Å². The molecule has 0 unspecified atom stereocenters. The first-order chi connectivity index (χ1) is 9.43. The number of aromatic nitrogens is 3. The van der Waals surface area contributed by atoms with Crippen molar-refractivity contribution in [3.63, 3.8) is 0 Å². The zero-order valence-electron chi connectivity index (χ0n) is 11.8. The number of aryl methyl sites for hydroxylation is 2. The Bertz CT molecular complexity index is 640. The summed E-state index contributed by atoms with van der Waals surface area (Å²) in [6.07, 6.45) is 0. The number of rotatable bonds is 4. The van der Waals surface area contributed by atoms with Gasteiger partial charge in [-0.3, -0.25) is 4.68 Å². The summed E-state index contributed by atoms with van der Waals surface area (Å²) < 4.78 is 7.56. The van der Waals surface area contributed by atoms with E-state index >= 15 is 0 Å². The molecule has 0 atom stereocenters. The van der Waals surface area contributed by atoms with Gasteiger partial charge in [0.15, 0.2) is 5.75 Å². The topological polar surface area (TPSA) is 52.0 Å². The Hall–Kier alpha value is -1.46. The Labute approximate surface area is 127 Å². The number of hydrogen-bond acceptors (Lipinski definition) is 4. The van der Waals surface area contributed by atoms with Gasteiger partial charge in [0, 0.05) is 13.6 Å². The average Bonchev–Trinajstić information content (AvgIpc) is 2.61. The Balaban J connectivity index is 2.40. The predicted molar refractivity (Wildman–Crippen MR) is 81.2 cm³/mol. The molecule has 2 heterocycles. The maximum atomic E-state index is 6.14. The Morgan fingerprint density at radius 3 is 2.55 bits per heavy atom. The molecule has 0 aliphatic carbocycles. The Kier molecular flexibility index (Phi) is 4.40. The first-order valence-electron chi connectivity index (χ1n) is 6.22. The first-order valence-corrected chi connectivity index (χ1v) is 6.97. The molecule has 0 aromatic carbocycles. The minimum atomic E-state index is 0.311. The quantitative estimate of drug-likeness (QED) is 0.928. The molecule has 7 heteroatoms. The molecule has 0 saturated heterocycles. The number of hydrogen-bond donors (Lipinski definition) is 1. The molecule has 0 aliphatic rings. The van der Waals surface area contributed by atoms with E-state index in [1.807, 2.05) is 27.8 Å². The zero-order chi connectivity index (χ0) is 14.9. The third kappa shape index (κ3) is 2.83. The Morgan fingerprint density at radius 1 is 1.30 bits per heavy atom. The van der Waals surface area contributed by atoms with Gasteiger partial charge in [0.2, 0.25) is 5.88 Å². The molecule has 0 aliphatic heterocycles. The second-order valence-electron chi connectivity index (χ2n) is 4.36. The van der Waals surface area contributed by atoms with Crippen molar-refractivity contribution < 1.29 is 4.74 Å². The van der Waals surface area contributed by atoms with Crippen molar-refractivity contribution >= 4 is 29.0 Å². The van der Waals surface area contributed by atoms with Crippen LogP contribution in [0.4, 0.5) is 5.82 Å². The van der Waals surface area contributed by atoms with Crippen molar-refractivity contribution in [3.05, 3.63) is 27.5 Å². The molecule has 0 spiro atoms. The van der Waals surface area contributed by atoms with Gasteiger partial charge in [-0.1, -0.05) is 23.2 Å². The summed E-state index contributed by atoms with van der Waals surface area (Å²) in [5.74, 6) is 1.52. The molecule has 0 fully saturated rings. The van der Waals surface area contributed by atoms with Crippen molar-refractivity contribution in [2.75, 3.05) is 11.9 Å². The zero-order valence-corrected chi connectivity index (χ0v) is 13.3. The van der Waals surface area contributed by atoms with Crippen molar-refractivity contribution in [3.8, 4) is 11.6 Å². The monoisotopic (exact) mass is 314 g/mol. The molecule has 108 valence electrons. The lowest BCUT2D eigenvalue weighted by Crippen LogP contribution is -2.02. The second-order valence-corrected chi connectivity index (χ2v) is 5.18. The second kappa shape index (κ2) is 5.89. The summed E-state index contributed by atoms with van der Waals surface area (Å²) in [5.41, 5.74) is 1.68. The Morgan fingerprint density at radius 2 is 2.00 bits per heavy atom. The van der Waals surface area contributed by atoms with Gasteiger partial charge in [-0.25, -0.2) is 0 Å². The molecule has 2 aromatic rings. The smallest absolute Gasteiger partial charge is 0.240 e. The van der Waals surface area contributed by atoms with Crippen LogP contribution in [0.25, 0.3) is 0 Å². The highest BCUT2D eigenvalue weighted by molar-refractivity contribution is 6.36. The van der Waals surface area contributed by atoms with Gasteiger partial charge in [0.1, 0.15) is 16.5 Å². The highest BCUT2D eigenvalue weighted by Gasteiger charge is 2.16. The van der Waals surface area contributed by atoms with Gasteiger partial charge in [-0.2, -0.15) is 10.1 Å². The summed E-state index contributed by atoms with van der Waals surface area (Å²) in [6, 6.07) is 1.62. The fourth-order valence-electron chi connectivity index (χ4n) is 1.81. The predicted octanol–water partition coefficient (Wildman–Crippen LogP) is 3.96. The van der Waals surface area contributed by atoms with Crippen LogP contribution in [0, 0.1) is 13.8 Å². The summed E-state index contributed by atoms with van der Waals surface area (Å²) in [4.78, 5) is 4.31. The fourth-order valence-corrected chi connectivity index (χ4v) is 2.28. The van der Waals surface area contributed by atoms with E-state index in [1.54, 1.807) is 10.7 Å². The minimum absolute atomic E-state index is 0.311. The van der Waals surface area contributed by atoms with E-state index in [0.717, 1.165) is 11.4 Å². The molecule has 5 nitrogen and oxygen atoms in total. The number of ether oxygens (including phenoxy) is 1. The fraction of sp³-hybridized carbons (Fsp3) is 0.385. The van der Waals surface area contributed by atoms with Crippen LogP contribution in [0.5, 0.6) is 11.6 Å². The van der Waals surface area contributed by atoms with Crippen molar-refractivity contribution in [2.24, 2.45) is 7.05 Å². The van der Waals surface area contributed by atoms with Gasteiger partial charge < -0.3 is 10.1 Å². The molecular weight excluding hydrogens is 299 g/mol. The number of halogens is 2. The SMILES string of the molecule is CCNc1nc(Oc2c(C)nn(C)c2C)c(Cl)cc1Cl. The molecule has 0 saturated carbocycles. The maximum absolute atomic E-state index is 6.14. The number of pyridine rings is 1. The van der Waals surface area contributed by atoms with Gasteiger partial charge in [-0.15, -0.1) is 0 Å². The number of nitrogens with zero attached hydrogens (tertiary/aromatic N) is 3. The van der Waals surface area contributed by atoms with Crippen LogP contribution in [-0.2, 0) is 7.05 Å². The lowest BCUT2D eigenvalue weighted by atomic mass is 10.3. The third-order valence-electron chi connectivity index (χ3n) is 2.88. The molecule has 0 amide bonds. The van der Waals surface area contributed by atoms with E-state index in [2.05, 4.69) is 15.4 Å². The van der Waals surface area contributed by atoms with Crippen LogP contribution in [0.2, 0.25) is 10.0 Å². The largest absolute Gasteiger partial charge is 0.434 e. The van der Waals surface area contributed by atoms with E-state index in [-0.39, 0.29) is 0 Å². The third-order valence-corrected chi connectivity index (χ3v) is 3.44. The molecule has 0 radical (unpaired) electrons. The van der Waals surface area contributed by atoms with Crippen molar-refractivity contribution in [1.82, 2.24) is 14.8 Å². The van der Waals surface area contributed by atoms with Gasteiger partial charge >= 0.3 is 0 Å². The lowest BCUT2D eigenvalue weighted by Gasteiger charge is -2.11. The highest BCUT2D eigenvalue weighted by atomic mass is 35.5. The minimum Gasteiger partial charge on any atom is -0.434 e. The van der Waals surface area contributed by atoms with Crippen LogP contribution in [-0.4, -0.2) is 21.3 Å². The first kappa shape index (κ1) is 14.9. The molecule has 1 N–H and O–H groups in total. The average molecular weight is 315 g/mol. The molecule has 20 heavy (non-hydrogen) atoms. The molecule has 2 aromatic heterocycles. The van der Waals surface area contributed by atoms with E-state index in [4.69, 9.17) is 27.9 Å². The summed E-state index contributed by atoms with van der Waals surface area (Å²) in [7, 11) is 1.86. The standard InChI is InChI=1S/C13H16Cl2N4O/c1-5-16-12-9(14)6-10(15)13(17-12)20-11-7(2)18-19(4)8(11)3/h6H,5H2,1-4H3,(H,16,17). The summed E-state index contributed by atoms with van der Waals surface area (Å²) in [5, 5.41) is 8.18. The highest BCUT2D eigenvalue weighted by Crippen LogP contribution is 2.35. The van der Waals surface area contributed by atoms with E-state index < -0.39 is 0 Å². The number of nitrogens with one attached hydrogen (secondary N) is 1. The summed E-state index contributed by atoms with van der Waals surface area (Å²) in [6.45, 7) is 6.46. The molecule has 0 bridgehead atoms. The van der Waals surface area contributed by atoms with E-state index in [9.17, 15) is 0 Å².